The topological polar surface area (TPSA) is 60.2 Å². The van der Waals surface area contributed by atoms with Gasteiger partial charge in [-0.1, -0.05) is 37.1 Å². The highest BCUT2D eigenvalue weighted by Gasteiger charge is 2.30. The molecule has 1 atom stereocenters. The first-order chi connectivity index (χ1) is 12.2. The van der Waals surface area contributed by atoms with Crippen LogP contribution >= 0.6 is 12.6 Å². The minimum atomic E-state index is -0.327. The number of aromatic nitrogens is 1. The van der Waals surface area contributed by atoms with Crippen molar-refractivity contribution in [3.8, 4) is 0 Å². The van der Waals surface area contributed by atoms with E-state index in [1.807, 2.05) is 6.07 Å². The summed E-state index contributed by atoms with van der Waals surface area (Å²) in [6.07, 6.45) is 7.04. The summed E-state index contributed by atoms with van der Waals surface area (Å²) in [7, 11) is 0. The monoisotopic (exact) mass is 356 g/mol. The largest absolute Gasteiger partial charge is 0.355 e. The molecule has 0 radical (unpaired) electrons. The number of benzene rings is 1. The molecule has 5 nitrogen and oxygen atoms in total. The number of carbonyl (C=O) groups excluding carboxylic acids is 1. The molecule has 3 N–H and O–H groups in total. The molecule has 1 aliphatic heterocycles. The number of aromatic amines is 1. The van der Waals surface area contributed by atoms with Gasteiger partial charge in [0.15, 0.2) is 0 Å². The molecule has 1 aliphatic carbocycles. The van der Waals surface area contributed by atoms with E-state index in [0.29, 0.717) is 18.3 Å². The number of fused-ring (bicyclic) bond motifs is 1. The molecule has 0 bridgehead atoms. The third-order valence-corrected chi connectivity index (χ3v) is 5.62. The minimum Gasteiger partial charge on any atom is -0.355 e. The first kappa shape index (κ1) is 16.5. The van der Waals surface area contributed by atoms with Crippen molar-refractivity contribution in [2.45, 2.75) is 50.3 Å². The van der Waals surface area contributed by atoms with Crippen molar-refractivity contribution in [3.63, 3.8) is 0 Å². The zero-order chi connectivity index (χ0) is 17.2. The lowest BCUT2D eigenvalue weighted by Crippen LogP contribution is -2.49. The minimum absolute atomic E-state index is 0.104. The van der Waals surface area contributed by atoms with Crippen molar-refractivity contribution in [1.82, 2.24) is 15.6 Å². The fraction of sp³-hybridized carbons (Fsp3) is 0.421. The summed E-state index contributed by atoms with van der Waals surface area (Å²) in [5, 5.41) is 6.59. The molecular formula is C19H24N4OS. The Balaban J connectivity index is 1.53. The number of hydrogen-bond donors (Lipinski definition) is 4. The Morgan fingerprint density at radius 3 is 2.72 bits per heavy atom. The smallest absolute Gasteiger partial charge is 0.272 e. The van der Waals surface area contributed by atoms with Gasteiger partial charge in [-0.05, 0) is 30.0 Å². The van der Waals surface area contributed by atoms with E-state index in [1.165, 1.54) is 36.8 Å². The van der Waals surface area contributed by atoms with Gasteiger partial charge < -0.3 is 20.5 Å². The van der Waals surface area contributed by atoms with Gasteiger partial charge in [0.25, 0.3) is 5.91 Å². The number of rotatable bonds is 5. The Kier molecular flexibility index (Phi) is 4.72. The van der Waals surface area contributed by atoms with Crippen molar-refractivity contribution in [2.24, 2.45) is 0 Å². The van der Waals surface area contributed by atoms with Crippen LogP contribution in [-0.4, -0.2) is 22.4 Å². The van der Waals surface area contributed by atoms with Crippen molar-refractivity contribution in [2.75, 3.05) is 4.90 Å². The normalized spacial score (nSPS) is 20.6. The maximum Gasteiger partial charge on any atom is 0.272 e. The van der Waals surface area contributed by atoms with E-state index >= 15 is 0 Å². The van der Waals surface area contributed by atoms with E-state index in [-0.39, 0.29) is 11.4 Å². The first-order valence-corrected chi connectivity index (χ1v) is 9.47. The number of amides is 1. The third-order valence-electron chi connectivity index (χ3n) is 5.21. The van der Waals surface area contributed by atoms with Gasteiger partial charge in [-0.3, -0.25) is 4.79 Å². The van der Waals surface area contributed by atoms with Gasteiger partial charge in [-0.25, -0.2) is 0 Å². The number of nitrogens with zero attached hydrogens (tertiary/aromatic N) is 1. The molecule has 4 rings (SSSR count). The van der Waals surface area contributed by atoms with Crippen LogP contribution in [0.4, 0.5) is 5.69 Å². The molecule has 0 spiro atoms. The molecular weight excluding hydrogens is 332 g/mol. The SMILES string of the molecule is O=C1NC(S)N(Cc2ccccc2CNC2CCCC2)c2cc[nH]c21. The van der Waals surface area contributed by atoms with Gasteiger partial charge in [0.05, 0.1) is 5.69 Å². The van der Waals surface area contributed by atoms with Crippen LogP contribution in [0.15, 0.2) is 36.5 Å². The summed E-state index contributed by atoms with van der Waals surface area (Å²) in [6.45, 7) is 1.60. The van der Waals surface area contributed by atoms with Crippen LogP contribution in [-0.2, 0) is 13.1 Å². The van der Waals surface area contributed by atoms with Gasteiger partial charge in [-0.15, -0.1) is 12.6 Å². The zero-order valence-corrected chi connectivity index (χ0v) is 15.1. The van der Waals surface area contributed by atoms with Crippen molar-refractivity contribution in [1.29, 1.82) is 0 Å². The van der Waals surface area contributed by atoms with Gasteiger partial charge in [-0.2, -0.15) is 0 Å². The Morgan fingerprint density at radius 2 is 1.92 bits per heavy atom. The highest BCUT2D eigenvalue weighted by atomic mass is 32.1. The lowest BCUT2D eigenvalue weighted by molar-refractivity contribution is 0.0938. The van der Waals surface area contributed by atoms with Crippen LogP contribution in [0.1, 0.15) is 47.3 Å². The van der Waals surface area contributed by atoms with Gasteiger partial charge in [0.1, 0.15) is 11.2 Å². The van der Waals surface area contributed by atoms with Crippen LogP contribution < -0.4 is 15.5 Å². The maximum absolute atomic E-state index is 12.0. The summed E-state index contributed by atoms with van der Waals surface area (Å²) >= 11 is 4.57. The molecule has 2 aliphatic rings. The Morgan fingerprint density at radius 1 is 1.16 bits per heavy atom. The van der Waals surface area contributed by atoms with E-state index in [1.54, 1.807) is 6.20 Å². The van der Waals surface area contributed by atoms with Crippen LogP contribution in [0.25, 0.3) is 0 Å². The average molecular weight is 356 g/mol. The first-order valence-electron chi connectivity index (χ1n) is 8.95. The van der Waals surface area contributed by atoms with Gasteiger partial charge in [0.2, 0.25) is 0 Å². The van der Waals surface area contributed by atoms with Gasteiger partial charge in [0, 0.05) is 25.3 Å². The molecule has 25 heavy (non-hydrogen) atoms. The highest BCUT2D eigenvalue weighted by molar-refractivity contribution is 7.81. The Labute approximate surface area is 153 Å². The lowest BCUT2D eigenvalue weighted by atomic mass is 10.1. The average Bonchev–Trinajstić information content (AvgIpc) is 3.29. The second kappa shape index (κ2) is 7.14. The van der Waals surface area contributed by atoms with Crippen LogP contribution in [0.5, 0.6) is 0 Å². The van der Waals surface area contributed by atoms with Crippen LogP contribution in [0, 0.1) is 0 Å². The molecule has 6 heteroatoms. The second-order valence-electron chi connectivity index (χ2n) is 6.84. The predicted molar refractivity (Wildman–Crippen MR) is 103 cm³/mol. The fourth-order valence-corrected chi connectivity index (χ4v) is 4.13. The molecule has 1 aromatic heterocycles. The summed E-state index contributed by atoms with van der Waals surface area (Å²) in [6, 6.07) is 11.1. The van der Waals surface area contributed by atoms with E-state index in [2.05, 4.69) is 57.4 Å². The van der Waals surface area contributed by atoms with E-state index in [0.717, 1.165) is 12.2 Å². The van der Waals surface area contributed by atoms with Crippen molar-refractivity contribution < 1.29 is 4.79 Å². The second-order valence-corrected chi connectivity index (χ2v) is 7.33. The Bertz CT molecular complexity index is 753. The predicted octanol–water partition coefficient (Wildman–Crippen LogP) is 3.01. The molecule has 0 saturated heterocycles. The summed E-state index contributed by atoms with van der Waals surface area (Å²) in [5.74, 6) is -0.104. The van der Waals surface area contributed by atoms with Crippen LogP contribution in [0.3, 0.4) is 0 Å². The number of H-pyrrole nitrogens is 1. The molecule has 2 aromatic rings. The lowest BCUT2D eigenvalue weighted by Gasteiger charge is -2.35. The highest BCUT2D eigenvalue weighted by Crippen LogP contribution is 2.29. The summed E-state index contributed by atoms with van der Waals surface area (Å²) in [4.78, 5) is 17.2. The molecule has 1 amide bonds. The fourth-order valence-electron chi connectivity index (χ4n) is 3.81. The number of anilines is 1. The van der Waals surface area contributed by atoms with E-state index in [9.17, 15) is 4.79 Å². The van der Waals surface area contributed by atoms with Crippen LogP contribution in [0.2, 0.25) is 0 Å². The number of carbonyl (C=O) groups is 1. The summed E-state index contributed by atoms with van der Waals surface area (Å²) < 4.78 is 0. The third kappa shape index (κ3) is 3.41. The molecule has 1 fully saturated rings. The van der Waals surface area contributed by atoms with E-state index < -0.39 is 0 Å². The number of hydrogen-bond acceptors (Lipinski definition) is 4. The maximum atomic E-state index is 12.0. The van der Waals surface area contributed by atoms with E-state index in [4.69, 9.17) is 0 Å². The molecule has 1 saturated carbocycles. The van der Waals surface area contributed by atoms with Gasteiger partial charge >= 0.3 is 0 Å². The Hall–Kier alpha value is -1.92. The van der Waals surface area contributed by atoms with Crippen molar-refractivity contribution >= 4 is 24.2 Å². The zero-order valence-electron chi connectivity index (χ0n) is 14.2. The number of nitrogens with one attached hydrogen (secondary N) is 3. The summed E-state index contributed by atoms with van der Waals surface area (Å²) in [5.41, 5.74) is 3.75. The standard InChI is InChI=1S/C19H24N4OS/c24-18-17-16(9-10-20-17)23(19(25)22-18)12-14-6-2-1-5-13(14)11-21-15-7-3-4-8-15/h1-2,5-6,9-10,15,19-21,25H,3-4,7-8,11-12H2,(H,22,24). The molecule has 1 unspecified atom stereocenters. The van der Waals surface area contributed by atoms with Crippen molar-refractivity contribution in [3.05, 3.63) is 53.3 Å². The quantitative estimate of drug-likeness (QED) is 0.623. The molecule has 1 aromatic carbocycles. The molecule has 2 heterocycles. The number of thiol groups is 1. The molecule has 132 valence electrons.